The molecule has 2 rings (SSSR count). The quantitative estimate of drug-likeness (QED) is 0.799. The van der Waals surface area contributed by atoms with Crippen molar-refractivity contribution in [3.63, 3.8) is 0 Å². The van der Waals surface area contributed by atoms with Gasteiger partial charge in [0.05, 0.1) is 11.7 Å². The molecule has 0 unspecified atom stereocenters. The van der Waals surface area contributed by atoms with E-state index in [4.69, 9.17) is 0 Å². The van der Waals surface area contributed by atoms with Crippen LogP contribution in [0.25, 0.3) is 10.9 Å². The van der Waals surface area contributed by atoms with Crippen molar-refractivity contribution in [2.45, 2.75) is 6.54 Å². The van der Waals surface area contributed by atoms with E-state index >= 15 is 0 Å². The molecule has 0 saturated heterocycles. The molecule has 0 bridgehead atoms. The lowest BCUT2D eigenvalue weighted by Gasteiger charge is -2.11. The Bertz CT molecular complexity index is 503. The van der Waals surface area contributed by atoms with Crippen LogP contribution in [0.5, 0.6) is 0 Å². The van der Waals surface area contributed by atoms with E-state index in [1.807, 2.05) is 18.2 Å². The SMILES string of the molecule is CN(C)C(=O)NCc1ccc2cn[nH]c2c1. The number of aromatic amines is 1. The van der Waals surface area contributed by atoms with Gasteiger partial charge in [-0.05, 0) is 11.6 Å². The zero-order valence-electron chi connectivity index (χ0n) is 9.32. The summed E-state index contributed by atoms with van der Waals surface area (Å²) in [7, 11) is 3.43. The molecule has 5 heteroatoms. The molecule has 0 aliphatic rings. The fourth-order valence-electron chi connectivity index (χ4n) is 1.43. The fraction of sp³-hybridized carbons (Fsp3) is 0.273. The van der Waals surface area contributed by atoms with Gasteiger partial charge in [0, 0.05) is 26.0 Å². The number of carbonyl (C=O) groups is 1. The molecule has 1 aromatic carbocycles. The molecule has 1 aromatic heterocycles. The van der Waals surface area contributed by atoms with Crippen LogP contribution in [-0.2, 0) is 6.54 Å². The molecule has 0 fully saturated rings. The number of rotatable bonds is 2. The molecule has 1 heterocycles. The summed E-state index contributed by atoms with van der Waals surface area (Å²) in [5, 5.41) is 10.7. The Hall–Kier alpha value is -2.04. The Morgan fingerprint density at radius 3 is 3.06 bits per heavy atom. The maximum absolute atomic E-state index is 11.3. The van der Waals surface area contributed by atoms with Gasteiger partial charge >= 0.3 is 6.03 Å². The number of carbonyl (C=O) groups excluding carboxylic acids is 1. The van der Waals surface area contributed by atoms with E-state index in [1.165, 1.54) is 4.90 Å². The van der Waals surface area contributed by atoms with Crippen molar-refractivity contribution in [2.75, 3.05) is 14.1 Å². The summed E-state index contributed by atoms with van der Waals surface area (Å²) in [4.78, 5) is 12.8. The zero-order valence-corrected chi connectivity index (χ0v) is 9.32. The second kappa shape index (κ2) is 4.22. The van der Waals surface area contributed by atoms with Gasteiger partial charge in [-0.15, -0.1) is 0 Å². The molecule has 2 aromatic rings. The molecule has 84 valence electrons. The van der Waals surface area contributed by atoms with Crippen LogP contribution in [0.1, 0.15) is 5.56 Å². The van der Waals surface area contributed by atoms with Crippen molar-refractivity contribution in [1.82, 2.24) is 20.4 Å². The fourth-order valence-corrected chi connectivity index (χ4v) is 1.43. The number of fused-ring (bicyclic) bond motifs is 1. The molecule has 0 saturated carbocycles. The number of H-pyrrole nitrogens is 1. The van der Waals surface area contributed by atoms with E-state index in [9.17, 15) is 4.79 Å². The Balaban J connectivity index is 2.06. The third kappa shape index (κ3) is 2.13. The largest absolute Gasteiger partial charge is 0.334 e. The second-order valence-electron chi connectivity index (χ2n) is 3.84. The van der Waals surface area contributed by atoms with Gasteiger partial charge < -0.3 is 10.2 Å². The first-order valence-electron chi connectivity index (χ1n) is 5.04. The first kappa shape index (κ1) is 10.5. The minimum absolute atomic E-state index is 0.0929. The van der Waals surface area contributed by atoms with Crippen molar-refractivity contribution in [1.29, 1.82) is 0 Å². The molecule has 5 nitrogen and oxygen atoms in total. The number of nitrogens with one attached hydrogen (secondary N) is 2. The smallest absolute Gasteiger partial charge is 0.317 e. The van der Waals surface area contributed by atoms with Gasteiger partial charge in [-0.1, -0.05) is 12.1 Å². The summed E-state index contributed by atoms with van der Waals surface area (Å²) in [5.74, 6) is 0. The standard InChI is InChI=1S/C11H14N4O/c1-15(2)11(16)12-6-8-3-4-9-7-13-14-10(9)5-8/h3-5,7H,6H2,1-2H3,(H,12,16)(H,13,14). The highest BCUT2D eigenvalue weighted by molar-refractivity contribution is 5.78. The predicted molar refractivity (Wildman–Crippen MR) is 62.0 cm³/mol. The van der Waals surface area contributed by atoms with Gasteiger partial charge in [0.15, 0.2) is 0 Å². The molecule has 0 atom stereocenters. The summed E-state index contributed by atoms with van der Waals surface area (Å²) < 4.78 is 0. The Morgan fingerprint density at radius 2 is 2.31 bits per heavy atom. The third-order valence-electron chi connectivity index (χ3n) is 2.36. The van der Waals surface area contributed by atoms with Gasteiger partial charge in [0.2, 0.25) is 0 Å². The van der Waals surface area contributed by atoms with Crippen molar-refractivity contribution in [3.05, 3.63) is 30.0 Å². The van der Waals surface area contributed by atoms with Crippen molar-refractivity contribution in [3.8, 4) is 0 Å². The van der Waals surface area contributed by atoms with E-state index in [2.05, 4.69) is 15.5 Å². The van der Waals surface area contributed by atoms with Crippen LogP contribution in [0.4, 0.5) is 4.79 Å². The molecular weight excluding hydrogens is 204 g/mol. The summed E-state index contributed by atoms with van der Waals surface area (Å²) in [6, 6.07) is 5.85. The molecular formula is C11H14N4O. The number of nitrogens with zero attached hydrogens (tertiary/aromatic N) is 2. The first-order chi connectivity index (χ1) is 7.66. The topological polar surface area (TPSA) is 61.0 Å². The van der Waals surface area contributed by atoms with Gasteiger partial charge in [0.1, 0.15) is 0 Å². The van der Waals surface area contributed by atoms with Crippen LogP contribution in [0.2, 0.25) is 0 Å². The molecule has 0 radical (unpaired) electrons. The number of urea groups is 1. The highest BCUT2D eigenvalue weighted by Crippen LogP contribution is 2.12. The molecule has 0 aliphatic heterocycles. The monoisotopic (exact) mass is 218 g/mol. The van der Waals surface area contributed by atoms with E-state index in [-0.39, 0.29) is 6.03 Å². The normalized spacial score (nSPS) is 10.4. The summed E-state index contributed by atoms with van der Waals surface area (Å²) in [5.41, 5.74) is 2.03. The minimum atomic E-state index is -0.0929. The van der Waals surface area contributed by atoms with Crippen LogP contribution in [0.15, 0.2) is 24.4 Å². The lowest BCUT2D eigenvalue weighted by molar-refractivity contribution is 0.217. The van der Waals surface area contributed by atoms with E-state index in [1.54, 1.807) is 20.3 Å². The van der Waals surface area contributed by atoms with Crippen LogP contribution >= 0.6 is 0 Å². The summed E-state index contributed by atoms with van der Waals surface area (Å²) in [6.07, 6.45) is 1.78. The maximum atomic E-state index is 11.3. The summed E-state index contributed by atoms with van der Waals surface area (Å²) >= 11 is 0. The van der Waals surface area contributed by atoms with Gasteiger partial charge in [-0.25, -0.2) is 4.79 Å². The number of hydrogen-bond donors (Lipinski definition) is 2. The van der Waals surface area contributed by atoms with E-state index in [0.717, 1.165) is 16.5 Å². The van der Waals surface area contributed by atoms with Gasteiger partial charge in [-0.3, -0.25) is 5.10 Å². The first-order valence-corrected chi connectivity index (χ1v) is 5.04. The molecule has 2 N–H and O–H groups in total. The number of amides is 2. The highest BCUT2D eigenvalue weighted by Gasteiger charge is 2.03. The Morgan fingerprint density at radius 1 is 1.50 bits per heavy atom. The van der Waals surface area contributed by atoms with Crippen molar-refractivity contribution >= 4 is 16.9 Å². The number of aromatic nitrogens is 2. The van der Waals surface area contributed by atoms with Crippen LogP contribution in [-0.4, -0.2) is 35.2 Å². The number of hydrogen-bond acceptors (Lipinski definition) is 2. The molecule has 0 spiro atoms. The zero-order chi connectivity index (χ0) is 11.5. The van der Waals surface area contributed by atoms with E-state index in [0.29, 0.717) is 6.54 Å². The average molecular weight is 218 g/mol. The average Bonchev–Trinajstić information content (AvgIpc) is 2.72. The summed E-state index contributed by atoms with van der Waals surface area (Å²) in [6.45, 7) is 0.520. The Labute approximate surface area is 93.4 Å². The number of benzene rings is 1. The van der Waals surface area contributed by atoms with Crippen LogP contribution < -0.4 is 5.32 Å². The molecule has 0 aliphatic carbocycles. The lowest BCUT2D eigenvalue weighted by Crippen LogP contribution is -2.33. The second-order valence-corrected chi connectivity index (χ2v) is 3.84. The maximum Gasteiger partial charge on any atom is 0.317 e. The van der Waals surface area contributed by atoms with Crippen LogP contribution in [0, 0.1) is 0 Å². The highest BCUT2D eigenvalue weighted by atomic mass is 16.2. The predicted octanol–water partition coefficient (Wildman–Crippen LogP) is 1.33. The van der Waals surface area contributed by atoms with Crippen LogP contribution in [0.3, 0.4) is 0 Å². The van der Waals surface area contributed by atoms with Gasteiger partial charge in [-0.2, -0.15) is 5.10 Å². The van der Waals surface area contributed by atoms with Crippen molar-refractivity contribution in [2.24, 2.45) is 0 Å². The van der Waals surface area contributed by atoms with Gasteiger partial charge in [0.25, 0.3) is 0 Å². The molecule has 16 heavy (non-hydrogen) atoms. The van der Waals surface area contributed by atoms with E-state index < -0.39 is 0 Å². The lowest BCUT2D eigenvalue weighted by atomic mass is 10.2. The Kier molecular flexibility index (Phi) is 2.76. The van der Waals surface area contributed by atoms with Crippen molar-refractivity contribution < 1.29 is 4.79 Å². The minimum Gasteiger partial charge on any atom is -0.334 e. The third-order valence-corrected chi connectivity index (χ3v) is 2.36. The molecule has 2 amide bonds.